The Balaban J connectivity index is 1.76. The van der Waals surface area contributed by atoms with Crippen LogP contribution in [0.4, 0.5) is 4.39 Å². The molecule has 0 spiro atoms. The monoisotopic (exact) mass is 336 g/mol. The Morgan fingerprint density at radius 2 is 1.61 bits per heavy atom. The van der Waals surface area contributed by atoms with Crippen LogP contribution in [0.3, 0.4) is 0 Å². The van der Waals surface area contributed by atoms with E-state index in [9.17, 15) is 17.6 Å². The summed E-state index contributed by atoms with van der Waals surface area (Å²) in [4.78, 5) is 11.8. The number of sulfonamides is 1. The first-order valence-corrected chi connectivity index (χ1v) is 8.66. The van der Waals surface area contributed by atoms with Crippen molar-refractivity contribution >= 4 is 15.9 Å². The number of carbonyl (C=O) groups excluding carboxylic acids is 1. The maximum Gasteiger partial charge on any atom is 0.251 e. The van der Waals surface area contributed by atoms with Crippen LogP contribution in [0.15, 0.2) is 54.6 Å². The summed E-state index contributed by atoms with van der Waals surface area (Å²) in [5, 5.41) is 2.63. The van der Waals surface area contributed by atoms with E-state index in [0.717, 1.165) is 0 Å². The minimum Gasteiger partial charge on any atom is -0.351 e. The highest BCUT2D eigenvalue weighted by Gasteiger charge is 2.11. The summed E-state index contributed by atoms with van der Waals surface area (Å²) in [6.07, 6.45) is 0. The summed E-state index contributed by atoms with van der Waals surface area (Å²) in [6.45, 7) is 0.262. The first-order valence-electron chi connectivity index (χ1n) is 7.01. The molecule has 2 aromatic rings. The number of carbonyl (C=O) groups is 1. The Kier molecular flexibility index (Phi) is 5.84. The van der Waals surface area contributed by atoms with Crippen LogP contribution in [-0.2, 0) is 15.8 Å². The topological polar surface area (TPSA) is 75.3 Å². The molecule has 122 valence electrons. The summed E-state index contributed by atoms with van der Waals surface area (Å²) in [6, 6.07) is 13.9. The summed E-state index contributed by atoms with van der Waals surface area (Å²) in [5.41, 5.74) is 1.01. The molecule has 0 fully saturated rings. The Morgan fingerprint density at radius 1 is 0.957 bits per heavy atom. The Morgan fingerprint density at radius 3 is 2.26 bits per heavy atom. The lowest BCUT2D eigenvalue weighted by molar-refractivity contribution is 0.0954. The molecule has 0 aliphatic rings. The van der Waals surface area contributed by atoms with Gasteiger partial charge in [-0.15, -0.1) is 0 Å². The van der Waals surface area contributed by atoms with Gasteiger partial charge in [0.1, 0.15) is 5.82 Å². The fourth-order valence-corrected chi connectivity index (χ4v) is 3.07. The number of hydrogen-bond donors (Lipinski definition) is 2. The third-order valence-corrected chi connectivity index (χ3v) is 4.40. The van der Waals surface area contributed by atoms with E-state index in [2.05, 4.69) is 10.0 Å². The van der Waals surface area contributed by atoms with Crippen molar-refractivity contribution in [3.05, 3.63) is 71.5 Å². The molecule has 0 saturated heterocycles. The molecule has 0 atom stereocenters. The highest BCUT2D eigenvalue weighted by Crippen LogP contribution is 2.06. The molecule has 0 aliphatic carbocycles. The minimum absolute atomic E-state index is 0.0854. The molecule has 0 heterocycles. The fraction of sp³-hybridized carbons (Fsp3) is 0.188. The molecule has 23 heavy (non-hydrogen) atoms. The fourth-order valence-electron chi connectivity index (χ4n) is 1.93. The normalized spacial score (nSPS) is 11.2. The lowest BCUT2D eigenvalue weighted by Gasteiger charge is -2.08. The molecule has 0 aliphatic heterocycles. The number of amides is 1. The van der Waals surface area contributed by atoms with Crippen molar-refractivity contribution in [1.29, 1.82) is 0 Å². The standard InChI is InChI=1S/C16H17FN2O3S/c17-15-8-6-13(7-9-15)12-23(21,22)19-11-10-18-16(20)14-4-2-1-3-5-14/h1-9,19H,10-12H2,(H,18,20). The first kappa shape index (κ1) is 17.1. The van der Waals surface area contributed by atoms with Gasteiger partial charge in [-0.2, -0.15) is 0 Å². The molecular weight excluding hydrogens is 319 g/mol. The van der Waals surface area contributed by atoms with Gasteiger partial charge in [0.2, 0.25) is 10.0 Å². The summed E-state index contributed by atoms with van der Waals surface area (Å²) in [7, 11) is -3.53. The zero-order valence-corrected chi connectivity index (χ0v) is 13.1. The van der Waals surface area contributed by atoms with E-state index < -0.39 is 15.8 Å². The van der Waals surface area contributed by atoms with Gasteiger partial charge in [0.15, 0.2) is 0 Å². The zero-order chi connectivity index (χ0) is 16.7. The Bertz CT molecular complexity index is 747. The molecule has 2 aromatic carbocycles. The van der Waals surface area contributed by atoms with Crippen molar-refractivity contribution in [3.8, 4) is 0 Å². The maximum atomic E-state index is 12.8. The molecule has 7 heteroatoms. The molecule has 0 unspecified atom stereocenters. The first-order chi connectivity index (χ1) is 11.0. The van der Waals surface area contributed by atoms with Gasteiger partial charge in [0, 0.05) is 18.7 Å². The van der Waals surface area contributed by atoms with Crippen molar-refractivity contribution in [2.45, 2.75) is 5.75 Å². The smallest absolute Gasteiger partial charge is 0.251 e. The predicted octanol–water partition coefficient (Wildman–Crippen LogP) is 1.68. The van der Waals surface area contributed by atoms with Crippen LogP contribution in [0.25, 0.3) is 0 Å². The second-order valence-electron chi connectivity index (χ2n) is 4.90. The molecule has 0 bridgehead atoms. The number of rotatable bonds is 7. The van der Waals surface area contributed by atoms with Gasteiger partial charge >= 0.3 is 0 Å². The average Bonchev–Trinajstić information content (AvgIpc) is 2.54. The number of hydrogen-bond acceptors (Lipinski definition) is 3. The molecule has 0 radical (unpaired) electrons. The van der Waals surface area contributed by atoms with Gasteiger partial charge < -0.3 is 5.32 Å². The van der Waals surface area contributed by atoms with Gasteiger partial charge in [0.05, 0.1) is 5.75 Å². The van der Waals surface area contributed by atoms with E-state index in [1.165, 1.54) is 24.3 Å². The predicted molar refractivity (Wildman–Crippen MR) is 85.8 cm³/mol. The largest absolute Gasteiger partial charge is 0.351 e. The van der Waals surface area contributed by atoms with Crippen LogP contribution in [0.1, 0.15) is 15.9 Å². The molecule has 5 nitrogen and oxygen atoms in total. The van der Waals surface area contributed by atoms with Crippen molar-refractivity contribution in [1.82, 2.24) is 10.0 Å². The second-order valence-corrected chi connectivity index (χ2v) is 6.71. The van der Waals surface area contributed by atoms with Crippen LogP contribution in [0.2, 0.25) is 0 Å². The van der Waals surface area contributed by atoms with Gasteiger partial charge in [-0.25, -0.2) is 17.5 Å². The third-order valence-electron chi connectivity index (χ3n) is 3.04. The van der Waals surface area contributed by atoms with E-state index in [0.29, 0.717) is 11.1 Å². The van der Waals surface area contributed by atoms with Gasteiger partial charge in [-0.05, 0) is 29.8 Å². The molecule has 2 N–H and O–H groups in total. The summed E-state index contributed by atoms with van der Waals surface area (Å²) >= 11 is 0. The highest BCUT2D eigenvalue weighted by atomic mass is 32.2. The lowest BCUT2D eigenvalue weighted by atomic mass is 10.2. The highest BCUT2D eigenvalue weighted by molar-refractivity contribution is 7.88. The van der Waals surface area contributed by atoms with Crippen LogP contribution in [0.5, 0.6) is 0 Å². The van der Waals surface area contributed by atoms with Crippen LogP contribution in [0, 0.1) is 5.82 Å². The van der Waals surface area contributed by atoms with Crippen molar-refractivity contribution in [2.24, 2.45) is 0 Å². The van der Waals surface area contributed by atoms with Gasteiger partial charge in [-0.3, -0.25) is 4.79 Å². The summed E-state index contributed by atoms with van der Waals surface area (Å²) in [5.74, 6) is -0.911. The van der Waals surface area contributed by atoms with Gasteiger partial charge in [-0.1, -0.05) is 30.3 Å². The van der Waals surface area contributed by atoms with E-state index in [1.54, 1.807) is 30.3 Å². The molecule has 0 aromatic heterocycles. The molecule has 1 amide bonds. The SMILES string of the molecule is O=C(NCCNS(=O)(=O)Cc1ccc(F)cc1)c1ccccc1. The Hall–Kier alpha value is -2.25. The van der Waals surface area contributed by atoms with E-state index in [4.69, 9.17) is 0 Å². The van der Waals surface area contributed by atoms with Crippen molar-refractivity contribution in [3.63, 3.8) is 0 Å². The van der Waals surface area contributed by atoms with E-state index in [-0.39, 0.29) is 24.7 Å². The zero-order valence-electron chi connectivity index (χ0n) is 12.3. The van der Waals surface area contributed by atoms with Crippen LogP contribution < -0.4 is 10.0 Å². The van der Waals surface area contributed by atoms with Crippen LogP contribution in [-0.4, -0.2) is 27.4 Å². The molecular formula is C16H17FN2O3S. The van der Waals surface area contributed by atoms with Gasteiger partial charge in [0.25, 0.3) is 5.91 Å². The quantitative estimate of drug-likeness (QED) is 0.755. The van der Waals surface area contributed by atoms with Crippen molar-refractivity contribution < 1.29 is 17.6 Å². The number of nitrogens with one attached hydrogen (secondary N) is 2. The average molecular weight is 336 g/mol. The Labute approximate surface area is 134 Å². The second kappa shape index (κ2) is 7.85. The molecule has 0 saturated carbocycles. The van der Waals surface area contributed by atoms with Crippen LogP contribution >= 0.6 is 0 Å². The third kappa shape index (κ3) is 5.80. The lowest BCUT2D eigenvalue weighted by Crippen LogP contribution is -2.35. The summed E-state index contributed by atoms with van der Waals surface area (Å²) < 4.78 is 38.9. The maximum absolute atomic E-state index is 12.8. The number of halogens is 1. The van der Waals surface area contributed by atoms with Crippen molar-refractivity contribution in [2.75, 3.05) is 13.1 Å². The van der Waals surface area contributed by atoms with E-state index in [1.807, 2.05) is 0 Å². The van der Waals surface area contributed by atoms with E-state index >= 15 is 0 Å². The minimum atomic E-state index is -3.53. The molecule has 2 rings (SSSR count). The number of benzene rings is 2.